The molecule has 0 radical (unpaired) electrons. The average molecular weight is 356 g/mol. The van der Waals surface area contributed by atoms with Crippen LogP contribution in [-0.2, 0) is 11.3 Å². The third-order valence-corrected chi connectivity index (χ3v) is 4.80. The molecule has 0 atom stereocenters. The quantitative estimate of drug-likeness (QED) is 0.667. The van der Waals surface area contributed by atoms with Gasteiger partial charge in [-0.1, -0.05) is 23.2 Å². The van der Waals surface area contributed by atoms with Gasteiger partial charge >= 0.3 is 5.97 Å². The number of ether oxygens (including phenoxy) is 1. The van der Waals surface area contributed by atoms with E-state index in [1.807, 2.05) is 17.6 Å². The molecule has 0 fully saturated rings. The first-order valence-corrected chi connectivity index (χ1v) is 7.92. The Morgan fingerprint density at radius 1 is 1.36 bits per heavy atom. The fourth-order valence-corrected chi connectivity index (χ4v) is 3.65. The van der Waals surface area contributed by atoms with Crippen LogP contribution in [0.15, 0.2) is 18.2 Å². The van der Waals surface area contributed by atoms with Crippen molar-refractivity contribution in [3.8, 4) is 0 Å². The van der Waals surface area contributed by atoms with E-state index in [4.69, 9.17) is 27.9 Å². The molecule has 114 valence electrons. The van der Waals surface area contributed by atoms with E-state index in [2.05, 4.69) is 9.97 Å². The molecule has 3 aromatic heterocycles. The monoisotopic (exact) mass is 355 g/mol. The molecule has 3 rings (SSSR count). The summed E-state index contributed by atoms with van der Waals surface area (Å²) in [4.78, 5) is 20.4. The second kappa shape index (κ2) is 5.87. The third kappa shape index (κ3) is 2.69. The maximum absolute atomic E-state index is 11.6. The summed E-state index contributed by atoms with van der Waals surface area (Å²) in [5.74, 6) is 0.298. The molecule has 0 aliphatic carbocycles. The maximum atomic E-state index is 11.6. The Balaban J connectivity index is 2.09. The van der Waals surface area contributed by atoms with E-state index >= 15 is 0 Å². The second-order valence-corrected chi connectivity index (χ2v) is 6.91. The fraction of sp³-hybridized carbons (Fsp3) is 0.214. The minimum atomic E-state index is -0.482. The number of methoxy groups -OCH3 is 1. The second-order valence-electron chi connectivity index (χ2n) is 4.63. The number of thiophene rings is 1. The van der Waals surface area contributed by atoms with Crippen LogP contribution in [0.25, 0.3) is 11.2 Å². The lowest BCUT2D eigenvalue weighted by Gasteiger charge is -2.06. The van der Waals surface area contributed by atoms with Gasteiger partial charge in [0.1, 0.15) is 11.3 Å². The summed E-state index contributed by atoms with van der Waals surface area (Å²) in [6.07, 6.45) is 0. The van der Waals surface area contributed by atoms with Crippen LogP contribution < -0.4 is 0 Å². The number of rotatable bonds is 3. The van der Waals surface area contributed by atoms with Crippen molar-refractivity contribution in [2.45, 2.75) is 13.5 Å². The van der Waals surface area contributed by atoms with Gasteiger partial charge in [0.25, 0.3) is 0 Å². The van der Waals surface area contributed by atoms with E-state index in [1.165, 1.54) is 18.4 Å². The molecule has 0 aromatic carbocycles. The number of fused-ring (bicyclic) bond motifs is 1. The minimum absolute atomic E-state index is 0.241. The third-order valence-electron chi connectivity index (χ3n) is 3.23. The van der Waals surface area contributed by atoms with Crippen LogP contribution >= 0.6 is 34.5 Å². The number of esters is 1. The lowest BCUT2D eigenvalue weighted by molar-refractivity contribution is 0.0594. The number of hydrogen-bond donors (Lipinski definition) is 0. The van der Waals surface area contributed by atoms with Gasteiger partial charge in [-0.25, -0.2) is 14.8 Å². The lowest BCUT2D eigenvalue weighted by Crippen LogP contribution is -2.07. The highest BCUT2D eigenvalue weighted by Gasteiger charge is 2.15. The van der Waals surface area contributed by atoms with Crippen molar-refractivity contribution in [2.24, 2.45) is 0 Å². The maximum Gasteiger partial charge on any atom is 0.356 e. The van der Waals surface area contributed by atoms with E-state index in [9.17, 15) is 4.79 Å². The van der Waals surface area contributed by atoms with Crippen molar-refractivity contribution in [1.29, 1.82) is 0 Å². The Morgan fingerprint density at radius 3 is 2.77 bits per heavy atom. The van der Waals surface area contributed by atoms with Crippen LogP contribution in [0.3, 0.4) is 0 Å². The lowest BCUT2D eigenvalue weighted by atomic mass is 10.3. The van der Waals surface area contributed by atoms with Crippen molar-refractivity contribution < 1.29 is 9.53 Å². The van der Waals surface area contributed by atoms with E-state index in [0.717, 1.165) is 11.4 Å². The predicted octanol–water partition coefficient (Wildman–Crippen LogP) is 3.94. The molecule has 0 unspecified atom stereocenters. The minimum Gasteiger partial charge on any atom is -0.464 e. The first kappa shape index (κ1) is 15.3. The molecular weight excluding hydrogens is 345 g/mol. The summed E-state index contributed by atoms with van der Waals surface area (Å²) in [7, 11) is 1.32. The summed E-state index contributed by atoms with van der Waals surface area (Å²) >= 11 is 13.5. The SMILES string of the molecule is COC(=O)c1ccc2nc(C)n(Cc3cc(Cl)sc3Cl)c2n1. The zero-order valence-corrected chi connectivity index (χ0v) is 14.1. The Morgan fingerprint density at radius 2 is 2.14 bits per heavy atom. The normalized spacial score (nSPS) is 11.1. The zero-order valence-electron chi connectivity index (χ0n) is 11.8. The largest absolute Gasteiger partial charge is 0.464 e. The van der Waals surface area contributed by atoms with Crippen molar-refractivity contribution in [3.63, 3.8) is 0 Å². The zero-order chi connectivity index (χ0) is 15.9. The van der Waals surface area contributed by atoms with Crippen LogP contribution in [0.1, 0.15) is 21.9 Å². The Bertz CT molecular complexity index is 872. The van der Waals surface area contributed by atoms with Gasteiger partial charge in [-0.2, -0.15) is 0 Å². The van der Waals surface area contributed by atoms with Crippen molar-refractivity contribution in [3.05, 3.63) is 44.0 Å². The van der Waals surface area contributed by atoms with E-state index in [1.54, 1.807) is 12.1 Å². The number of imidazole rings is 1. The number of nitrogens with zero attached hydrogens (tertiary/aromatic N) is 3. The van der Waals surface area contributed by atoms with Gasteiger partial charge in [0.05, 0.1) is 22.3 Å². The van der Waals surface area contributed by atoms with Gasteiger partial charge < -0.3 is 9.30 Å². The summed E-state index contributed by atoms with van der Waals surface area (Å²) in [6, 6.07) is 5.17. The number of pyridine rings is 1. The first-order valence-electron chi connectivity index (χ1n) is 6.35. The molecule has 0 bridgehead atoms. The molecule has 0 amide bonds. The molecule has 0 N–H and O–H groups in total. The van der Waals surface area contributed by atoms with Gasteiger partial charge in [0, 0.05) is 5.56 Å². The number of hydrogen-bond acceptors (Lipinski definition) is 5. The molecule has 22 heavy (non-hydrogen) atoms. The van der Waals surface area contributed by atoms with E-state index in [0.29, 0.717) is 26.4 Å². The molecule has 3 aromatic rings. The van der Waals surface area contributed by atoms with Crippen LogP contribution in [0.5, 0.6) is 0 Å². The highest BCUT2D eigenvalue weighted by molar-refractivity contribution is 7.20. The molecule has 0 aliphatic heterocycles. The standard InChI is InChI=1S/C14H11Cl2N3O2S/c1-7-17-9-3-4-10(14(20)21-2)18-13(9)19(7)6-8-5-11(15)22-12(8)16/h3-5H,6H2,1-2H3. The average Bonchev–Trinajstić information content (AvgIpc) is 2.97. The molecule has 0 aliphatic rings. The van der Waals surface area contributed by atoms with Gasteiger partial charge in [-0.3, -0.25) is 0 Å². The summed E-state index contributed by atoms with van der Waals surface area (Å²) in [5.41, 5.74) is 2.45. The Kier molecular flexibility index (Phi) is 4.08. The van der Waals surface area contributed by atoms with Crippen LogP contribution in [-0.4, -0.2) is 27.6 Å². The molecular formula is C14H11Cl2N3O2S. The number of aryl methyl sites for hydroxylation is 1. The molecule has 5 nitrogen and oxygen atoms in total. The number of carbonyl (C=O) groups excluding carboxylic acids is 1. The molecule has 0 saturated heterocycles. The van der Waals surface area contributed by atoms with Gasteiger partial charge in [-0.15, -0.1) is 11.3 Å². The number of aromatic nitrogens is 3. The number of halogens is 2. The summed E-state index contributed by atoms with van der Waals surface area (Å²) in [5, 5.41) is 0. The highest BCUT2D eigenvalue weighted by Crippen LogP contribution is 2.32. The van der Waals surface area contributed by atoms with Crippen molar-refractivity contribution in [2.75, 3.05) is 7.11 Å². The van der Waals surface area contributed by atoms with Crippen molar-refractivity contribution in [1.82, 2.24) is 14.5 Å². The molecule has 0 saturated carbocycles. The van der Waals surface area contributed by atoms with E-state index < -0.39 is 5.97 Å². The molecule has 0 spiro atoms. The van der Waals surface area contributed by atoms with Gasteiger partial charge in [-0.05, 0) is 25.1 Å². The summed E-state index contributed by atoms with van der Waals surface area (Å²) in [6.45, 7) is 2.36. The van der Waals surface area contributed by atoms with Gasteiger partial charge in [0.2, 0.25) is 0 Å². The molecule has 8 heteroatoms. The Labute approximate surface area is 140 Å². The van der Waals surface area contributed by atoms with Crippen molar-refractivity contribution >= 4 is 51.7 Å². The highest BCUT2D eigenvalue weighted by atomic mass is 35.5. The molecule has 3 heterocycles. The topological polar surface area (TPSA) is 57.0 Å². The van der Waals surface area contributed by atoms with Gasteiger partial charge in [0.15, 0.2) is 11.3 Å². The summed E-state index contributed by atoms with van der Waals surface area (Å²) < 4.78 is 7.86. The van der Waals surface area contributed by atoms with Crippen LogP contribution in [0.4, 0.5) is 0 Å². The van der Waals surface area contributed by atoms with Crippen LogP contribution in [0.2, 0.25) is 8.67 Å². The predicted molar refractivity (Wildman–Crippen MR) is 87.0 cm³/mol. The van der Waals surface area contributed by atoms with Crippen LogP contribution in [0, 0.1) is 6.92 Å². The fourth-order valence-electron chi connectivity index (χ4n) is 2.17. The van der Waals surface area contributed by atoms with E-state index in [-0.39, 0.29) is 5.69 Å². The first-order chi connectivity index (χ1) is 10.5. The smallest absolute Gasteiger partial charge is 0.356 e. The number of carbonyl (C=O) groups is 1. The Hall–Kier alpha value is -1.63.